The second kappa shape index (κ2) is 9.14. The molecule has 1 aromatic rings. The minimum atomic E-state index is 0.208. The van der Waals surface area contributed by atoms with E-state index >= 15 is 0 Å². The summed E-state index contributed by atoms with van der Waals surface area (Å²) >= 11 is 0. The highest BCUT2D eigenvalue weighted by Crippen LogP contribution is 2.17. The number of hydrogen-bond donors (Lipinski definition) is 1. The molecule has 2 aliphatic rings. The van der Waals surface area contributed by atoms with E-state index in [0.717, 1.165) is 51.3 Å². The van der Waals surface area contributed by atoms with Crippen LogP contribution in [0.1, 0.15) is 44.2 Å². The molecule has 0 aromatic carbocycles. The second-order valence-corrected chi connectivity index (χ2v) is 7.13. The molecule has 2 heterocycles. The maximum Gasteiger partial charge on any atom is 0.234 e. The summed E-state index contributed by atoms with van der Waals surface area (Å²) in [5.41, 5.74) is 1.12. The largest absolute Gasteiger partial charge is 0.352 e. The fourth-order valence-corrected chi connectivity index (χ4v) is 3.73. The molecule has 2 fully saturated rings. The first-order valence-electron chi connectivity index (χ1n) is 9.43. The van der Waals surface area contributed by atoms with E-state index in [2.05, 4.69) is 26.2 Å². The van der Waals surface area contributed by atoms with Crippen molar-refractivity contribution >= 4 is 5.91 Å². The van der Waals surface area contributed by atoms with Crippen molar-refractivity contribution in [1.82, 2.24) is 20.1 Å². The Balaban J connectivity index is 1.36. The lowest BCUT2D eigenvalue weighted by atomic mass is 10.1. The van der Waals surface area contributed by atoms with Crippen LogP contribution in [0.25, 0.3) is 0 Å². The van der Waals surface area contributed by atoms with Gasteiger partial charge in [0.2, 0.25) is 5.91 Å². The van der Waals surface area contributed by atoms with Crippen LogP contribution in [0.4, 0.5) is 0 Å². The van der Waals surface area contributed by atoms with E-state index in [1.54, 1.807) is 0 Å². The van der Waals surface area contributed by atoms with Crippen LogP contribution in [0.5, 0.6) is 0 Å². The molecule has 1 aliphatic carbocycles. The molecule has 1 aromatic heterocycles. The minimum absolute atomic E-state index is 0.208. The Bertz CT molecular complexity index is 491. The lowest BCUT2D eigenvalue weighted by molar-refractivity contribution is -0.123. The standard InChI is InChI=1S/C19H30N4O/c24-19(21-17-7-3-1-2-4-8-17)16-23-13-11-22(12-14-23)15-18-9-5-6-10-20-18/h5-6,9-10,17H,1-4,7-8,11-16H2,(H,21,24). The molecule has 0 spiro atoms. The molecule has 5 heteroatoms. The highest BCUT2D eigenvalue weighted by Gasteiger charge is 2.21. The van der Waals surface area contributed by atoms with Crippen molar-refractivity contribution in [2.45, 2.75) is 51.1 Å². The average molecular weight is 330 g/mol. The monoisotopic (exact) mass is 330 g/mol. The molecule has 1 amide bonds. The Labute approximate surface area is 145 Å². The van der Waals surface area contributed by atoms with Crippen LogP contribution >= 0.6 is 0 Å². The number of nitrogens with zero attached hydrogens (tertiary/aromatic N) is 3. The van der Waals surface area contributed by atoms with Gasteiger partial charge in [-0.15, -0.1) is 0 Å². The van der Waals surface area contributed by atoms with Crippen LogP contribution in [-0.2, 0) is 11.3 Å². The van der Waals surface area contributed by atoms with Gasteiger partial charge in [-0.2, -0.15) is 0 Å². The summed E-state index contributed by atoms with van der Waals surface area (Å²) < 4.78 is 0. The smallest absolute Gasteiger partial charge is 0.234 e. The van der Waals surface area contributed by atoms with Gasteiger partial charge in [-0.25, -0.2) is 0 Å². The summed E-state index contributed by atoms with van der Waals surface area (Å²) in [7, 11) is 0. The summed E-state index contributed by atoms with van der Waals surface area (Å²) in [6.45, 7) is 5.40. The number of rotatable bonds is 5. The predicted molar refractivity (Wildman–Crippen MR) is 95.6 cm³/mol. The molecule has 1 N–H and O–H groups in total. The van der Waals surface area contributed by atoms with E-state index in [4.69, 9.17) is 0 Å². The molecule has 132 valence electrons. The van der Waals surface area contributed by atoms with Crippen molar-refractivity contribution in [1.29, 1.82) is 0 Å². The maximum atomic E-state index is 12.3. The van der Waals surface area contributed by atoms with E-state index in [0.29, 0.717) is 12.6 Å². The number of hydrogen-bond acceptors (Lipinski definition) is 4. The first-order valence-corrected chi connectivity index (χ1v) is 9.43. The molecular weight excluding hydrogens is 300 g/mol. The van der Waals surface area contributed by atoms with Crippen LogP contribution in [0, 0.1) is 0 Å². The number of carbonyl (C=O) groups is 1. The van der Waals surface area contributed by atoms with Gasteiger partial charge in [0.1, 0.15) is 0 Å². The third-order valence-electron chi connectivity index (χ3n) is 5.16. The SMILES string of the molecule is O=C(CN1CCN(Cc2ccccn2)CC1)NC1CCCCCC1. The van der Waals surface area contributed by atoms with Crippen LogP contribution in [-0.4, -0.2) is 59.5 Å². The molecule has 0 radical (unpaired) electrons. The van der Waals surface area contributed by atoms with Crippen LogP contribution in [0.3, 0.4) is 0 Å². The molecule has 3 rings (SSSR count). The van der Waals surface area contributed by atoms with Crippen molar-refractivity contribution in [2.75, 3.05) is 32.7 Å². The highest BCUT2D eigenvalue weighted by atomic mass is 16.2. The zero-order chi connectivity index (χ0) is 16.6. The number of carbonyl (C=O) groups excluding carboxylic acids is 1. The van der Waals surface area contributed by atoms with Crippen molar-refractivity contribution < 1.29 is 4.79 Å². The molecular formula is C19H30N4O. The van der Waals surface area contributed by atoms with Crippen molar-refractivity contribution in [2.24, 2.45) is 0 Å². The van der Waals surface area contributed by atoms with Gasteiger partial charge in [0.15, 0.2) is 0 Å². The van der Waals surface area contributed by atoms with Crippen LogP contribution in [0.2, 0.25) is 0 Å². The number of pyridine rings is 1. The molecule has 0 unspecified atom stereocenters. The molecule has 1 saturated carbocycles. The third kappa shape index (κ3) is 5.56. The summed E-state index contributed by atoms with van der Waals surface area (Å²) in [4.78, 5) is 21.4. The molecule has 24 heavy (non-hydrogen) atoms. The van der Waals surface area contributed by atoms with Gasteiger partial charge in [0.05, 0.1) is 12.2 Å². The van der Waals surface area contributed by atoms with Crippen molar-refractivity contribution in [3.8, 4) is 0 Å². The molecule has 0 atom stereocenters. The van der Waals surface area contributed by atoms with Crippen LogP contribution in [0.15, 0.2) is 24.4 Å². The van der Waals surface area contributed by atoms with E-state index in [9.17, 15) is 4.79 Å². The summed E-state index contributed by atoms with van der Waals surface area (Å²) in [5.74, 6) is 0.208. The zero-order valence-electron chi connectivity index (χ0n) is 14.6. The van der Waals surface area contributed by atoms with Crippen molar-refractivity contribution in [3.05, 3.63) is 30.1 Å². The second-order valence-electron chi connectivity index (χ2n) is 7.13. The fourth-order valence-electron chi connectivity index (χ4n) is 3.73. The number of piperazine rings is 1. The van der Waals surface area contributed by atoms with Crippen LogP contribution < -0.4 is 5.32 Å². The van der Waals surface area contributed by atoms with Crippen molar-refractivity contribution in [3.63, 3.8) is 0 Å². The lowest BCUT2D eigenvalue weighted by Crippen LogP contribution is -2.50. The minimum Gasteiger partial charge on any atom is -0.352 e. The zero-order valence-corrected chi connectivity index (χ0v) is 14.6. The highest BCUT2D eigenvalue weighted by molar-refractivity contribution is 5.78. The lowest BCUT2D eigenvalue weighted by Gasteiger charge is -2.34. The van der Waals surface area contributed by atoms with Gasteiger partial charge in [0.25, 0.3) is 0 Å². The van der Waals surface area contributed by atoms with Gasteiger partial charge in [0, 0.05) is 45.0 Å². The predicted octanol–water partition coefficient (Wildman–Crippen LogP) is 2.04. The van der Waals surface area contributed by atoms with Gasteiger partial charge in [-0.1, -0.05) is 31.7 Å². The number of nitrogens with one attached hydrogen (secondary N) is 1. The maximum absolute atomic E-state index is 12.3. The van der Waals surface area contributed by atoms with Gasteiger partial charge in [-0.05, 0) is 25.0 Å². The first kappa shape index (κ1) is 17.4. The van der Waals surface area contributed by atoms with Gasteiger partial charge < -0.3 is 5.32 Å². The Hall–Kier alpha value is -1.46. The Morgan fingerprint density at radius 2 is 1.75 bits per heavy atom. The fraction of sp³-hybridized carbons (Fsp3) is 0.684. The molecule has 1 aliphatic heterocycles. The number of amides is 1. The summed E-state index contributed by atoms with van der Waals surface area (Å²) in [6.07, 6.45) is 9.33. The summed E-state index contributed by atoms with van der Waals surface area (Å²) in [5, 5.41) is 3.25. The molecule has 1 saturated heterocycles. The van der Waals surface area contributed by atoms with E-state index in [1.165, 1.54) is 25.7 Å². The molecule has 5 nitrogen and oxygen atoms in total. The van der Waals surface area contributed by atoms with Gasteiger partial charge >= 0.3 is 0 Å². The van der Waals surface area contributed by atoms with Gasteiger partial charge in [-0.3, -0.25) is 19.6 Å². The topological polar surface area (TPSA) is 48.5 Å². The van der Waals surface area contributed by atoms with E-state index in [-0.39, 0.29) is 5.91 Å². The Morgan fingerprint density at radius 3 is 2.42 bits per heavy atom. The quantitative estimate of drug-likeness (QED) is 0.840. The molecule has 0 bridgehead atoms. The Kier molecular flexibility index (Phi) is 6.61. The normalized spacial score (nSPS) is 21.3. The Morgan fingerprint density at radius 1 is 1.04 bits per heavy atom. The number of aromatic nitrogens is 1. The van der Waals surface area contributed by atoms with E-state index < -0.39 is 0 Å². The third-order valence-corrected chi connectivity index (χ3v) is 5.16. The first-order chi connectivity index (χ1) is 11.8. The summed E-state index contributed by atoms with van der Waals surface area (Å²) in [6, 6.07) is 6.47. The average Bonchev–Trinajstić information content (AvgIpc) is 2.86. The van der Waals surface area contributed by atoms with E-state index in [1.807, 2.05) is 18.3 Å².